The van der Waals surface area contributed by atoms with E-state index in [1.54, 1.807) is 0 Å². The SMILES string of the molecule is CC1(C)CCCNC1CNC1CC1(C)C. The van der Waals surface area contributed by atoms with E-state index >= 15 is 0 Å². The van der Waals surface area contributed by atoms with Gasteiger partial charge in [-0.15, -0.1) is 0 Å². The lowest BCUT2D eigenvalue weighted by molar-refractivity contribution is 0.175. The van der Waals surface area contributed by atoms with Gasteiger partial charge in [0.2, 0.25) is 0 Å². The smallest absolute Gasteiger partial charge is 0.0243 e. The monoisotopic (exact) mass is 210 g/mol. The maximum absolute atomic E-state index is 3.71. The Morgan fingerprint density at radius 3 is 2.40 bits per heavy atom. The summed E-state index contributed by atoms with van der Waals surface area (Å²) in [5, 5.41) is 7.37. The molecule has 2 unspecified atom stereocenters. The molecule has 1 heterocycles. The van der Waals surface area contributed by atoms with E-state index in [1.165, 1.54) is 25.8 Å². The summed E-state index contributed by atoms with van der Waals surface area (Å²) in [6.45, 7) is 11.8. The summed E-state index contributed by atoms with van der Waals surface area (Å²) in [5.74, 6) is 0. The molecule has 1 saturated carbocycles. The van der Waals surface area contributed by atoms with Gasteiger partial charge in [-0.3, -0.25) is 0 Å². The quantitative estimate of drug-likeness (QED) is 0.746. The van der Waals surface area contributed by atoms with Gasteiger partial charge in [0.15, 0.2) is 0 Å². The average Bonchev–Trinajstić information content (AvgIpc) is 2.71. The Kier molecular flexibility index (Phi) is 2.85. The van der Waals surface area contributed by atoms with Crippen molar-refractivity contribution in [2.75, 3.05) is 13.1 Å². The second-order valence-electron chi connectivity index (χ2n) is 6.75. The highest BCUT2D eigenvalue weighted by atomic mass is 15.1. The number of hydrogen-bond donors (Lipinski definition) is 2. The lowest BCUT2D eigenvalue weighted by Gasteiger charge is -2.39. The van der Waals surface area contributed by atoms with E-state index < -0.39 is 0 Å². The maximum atomic E-state index is 3.71. The lowest BCUT2D eigenvalue weighted by Crippen LogP contribution is -2.52. The van der Waals surface area contributed by atoms with E-state index in [0.717, 1.165) is 12.6 Å². The summed E-state index contributed by atoms with van der Waals surface area (Å²) < 4.78 is 0. The van der Waals surface area contributed by atoms with Crippen molar-refractivity contribution in [1.82, 2.24) is 10.6 Å². The van der Waals surface area contributed by atoms with Gasteiger partial charge in [-0.05, 0) is 36.6 Å². The van der Waals surface area contributed by atoms with Crippen LogP contribution in [0.3, 0.4) is 0 Å². The minimum Gasteiger partial charge on any atom is -0.312 e. The van der Waals surface area contributed by atoms with Gasteiger partial charge >= 0.3 is 0 Å². The normalized spacial score (nSPS) is 37.6. The molecule has 0 spiro atoms. The average molecular weight is 210 g/mol. The molecule has 2 N–H and O–H groups in total. The predicted octanol–water partition coefficient (Wildman–Crippen LogP) is 2.15. The zero-order chi connectivity index (χ0) is 11.1. The fourth-order valence-corrected chi connectivity index (χ4v) is 2.70. The molecular weight excluding hydrogens is 184 g/mol. The van der Waals surface area contributed by atoms with E-state index in [1.807, 2.05) is 0 Å². The van der Waals surface area contributed by atoms with Crippen LogP contribution in [0.1, 0.15) is 47.0 Å². The van der Waals surface area contributed by atoms with Crippen LogP contribution in [0.4, 0.5) is 0 Å². The van der Waals surface area contributed by atoms with E-state index in [9.17, 15) is 0 Å². The molecule has 0 radical (unpaired) electrons. The molecule has 0 bridgehead atoms. The van der Waals surface area contributed by atoms with Gasteiger partial charge in [0, 0.05) is 18.6 Å². The van der Waals surface area contributed by atoms with Crippen molar-refractivity contribution in [2.24, 2.45) is 10.8 Å². The molecule has 2 heteroatoms. The molecule has 2 nitrogen and oxygen atoms in total. The Bertz CT molecular complexity index is 233. The third-order valence-electron chi connectivity index (χ3n) is 4.41. The van der Waals surface area contributed by atoms with Crippen LogP contribution in [0, 0.1) is 10.8 Å². The molecule has 2 fully saturated rings. The molecule has 2 atom stereocenters. The molecule has 2 aliphatic rings. The molecule has 0 amide bonds. The molecule has 1 aliphatic carbocycles. The zero-order valence-corrected chi connectivity index (χ0v) is 10.7. The van der Waals surface area contributed by atoms with Crippen molar-refractivity contribution in [3.63, 3.8) is 0 Å². The van der Waals surface area contributed by atoms with Gasteiger partial charge in [-0.1, -0.05) is 27.7 Å². The van der Waals surface area contributed by atoms with Gasteiger partial charge < -0.3 is 10.6 Å². The maximum Gasteiger partial charge on any atom is 0.0243 e. The Morgan fingerprint density at radius 1 is 1.20 bits per heavy atom. The van der Waals surface area contributed by atoms with Crippen molar-refractivity contribution >= 4 is 0 Å². The van der Waals surface area contributed by atoms with E-state index in [-0.39, 0.29) is 0 Å². The Labute approximate surface area is 94.2 Å². The largest absolute Gasteiger partial charge is 0.312 e. The fraction of sp³-hybridized carbons (Fsp3) is 1.00. The van der Waals surface area contributed by atoms with Crippen molar-refractivity contribution in [3.05, 3.63) is 0 Å². The summed E-state index contributed by atoms with van der Waals surface area (Å²) in [6.07, 6.45) is 4.04. The zero-order valence-electron chi connectivity index (χ0n) is 10.7. The van der Waals surface area contributed by atoms with Crippen LogP contribution >= 0.6 is 0 Å². The first-order valence-corrected chi connectivity index (χ1v) is 6.39. The van der Waals surface area contributed by atoms with Crippen LogP contribution in [-0.4, -0.2) is 25.2 Å². The van der Waals surface area contributed by atoms with E-state index in [0.29, 0.717) is 16.9 Å². The van der Waals surface area contributed by atoms with Crippen molar-refractivity contribution < 1.29 is 0 Å². The molecule has 0 aromatic carbocycles. The first-order valence-electron chi connectivity index (χ1n) is 6.39. The second-order valence-corrected chi connectivity index (χ2v) is 6.75. The van der Waals surface area contributed by atoms with Gasteiger partial charge in [-0.2, -0.15) is 0 Å². The van der Waals surface area contributed by atoms with E-state index in [4.69, 9.17) is 0 Å². The lowest BCUT2D eigenvalue weighted by atomic mass is 9.77. The third kappa shape index (κ3) is 2.54. The van der Waals surface area contributed by atoms with Crippen LogP contribution < -0.4 is 10.6 Å². The summed E-state index contributed by atoms with van der Waals surface area (Å²) in [6, 6.07) is 1.42. The highest BCUT2D eigenvalue weighted by Crippen LogP contribution is 2.44. The fourth-order valence-electron chi connectivity index (χ4n) is 2.70. The standard InChI is InChI=1S/C13H26N2/c1-12(2)6-5-7-14-11(12)9-15-10-8-13(10,3)4/h10-11,14-15H,5-9H2,1-4H3. The van der Waals surface area contributed by atoms with Crippen molar-refractivity contribution in [1.29, 1.82) is 0 Å². The molecular formula is C13H26N2. The van der Waals surface area contributed by atoms with Gasteiger partial charge in [0.25, 0.3) is 0 Å². The van der Waals surface area contributed by atoms with Crippen molar-refractivity contribution in [3.8, 4) is 0 Å². The van der Waals surface area contributed by atoms with Crippen LogP contribution in [0.25, 0.3) is 0 Å². The van der Waals surface area contributed by atoms with E-state index in [2.05, 4.69) is 38.3 Å². The molecule has 88 valence electrons. The summed E-state index contributed by atoms with van der Waals surface area (Å²) >= 11 is 0. The highest BCUT2D eigenvalue weighted by molar-refractivity contribution is 5.02. The van der Waals surface area contributed by atoms with Crippen molar-refractivity contribution in [2.45, 2.75) is 59.0 Å². The highest BCUT2D eigenvalue weighted by Gasteiger charge is 2.45. The van der Waals surface area contributed by atoms with Gasteiger partial charge in [0.1, 0.15) is 0 Å². The molecule has 15 heavy (non-hydrogen) atoms. The second kappa shape index (κ2) is 3.74. The third-order valence-corrected chi connectivity index (χ3v) is 4.41. The molecule has 2 rings (SSSR count). The Hall–Kier alpha value is -0.0800. The molecule has 0 aromatic rings. The number of piperidine rings is 1. The Morgan fingerprint density at radius 2 is 1.87 bits per heavy atom. The number of hydrogen-bond acceptors (Lipinski definition) is 2. The first-order chi connectivity index (χ1) is 6.92. The molecule has 1 saturated heterocycles. The number of rotatable bonds is 3. The molecule has 1 aliphatic heterocycles. The van der Waals surface area contributed by atoms with Gasteiger partial charge in [-0.25, -0.2) is 0 Å². The summed E-state index contributed by atoms with van der Waals surface area (Å²) in [4.78, 5) is 0. The minimum absolute atomic E-state index is 0.463. The first kappa shape index (κ1) is 11.4. The molecule has 0 aromatic heterocycles. The van der Waals surface area contributed by atoms with Crippen LogP contribution in [0.2, 0.25) is 0 Å². The summed E-state index contributed by atoms with van der Waals surface area (Å²) in [7, 11) is 0. The Balaban J connectivity index is 1.78. The van der Waals surface area contributed by atoms with Crippen LogP contribution in [0.5, 0.6) is 0 Å². The number of nitrogens with one attached hydrogen (secondary N) is 2. The topological polar surface area (TPSA) is 24.1 Å². The van der Waals surface area contributed by atoms with Gasteiger partial charge in [0.05, 0.1) is 0 Å². The minimum atomic E-state index is 0.463. The van der Waals surface area contributed by atoms with Crippen LogP contribution in [0.15, 0.2) is 0 Å². The van der Waals surface area contributed by atoms with Crippen LogP contribution in [-0.2, 0) is 0 Å². The predicted molar refractivity (Wildman–Crippen MR) is 65.0 cm³/mol. The summed E-state index contributed by atoms with van der Waals surface area (Å²) in [5.41, 5.74) is 1.02.